The van der Waals surface area contributed by atoms with Gasteiger partial charge in [-0.05, 0) is 25.0 Å². The quantitative estimate of drug-likeness (QED) is 0.599. The van der Waals surface area contributed by atoms with Gasteiger partial charge in [0.05, 0.1) is 14.1 Å². The van der Waals surface area contributed by atoms with E-state index in [2.05, 4.69) is 62.6 Å². The summed E-state index contributed by atoms with van der Waals surface area (Å²) in [5, 5.41) is 0. The summed E-state index contributed by atoms with van der Waals surface area (Å²) in [4.78, 5) is 0. The van der Waals surface area contributed by atoms with Crippen LogP contribution in [0.15, 0.2) is 48.5 Å². The predicted molar refractivity (Wildman–Crippen MR) is 73.6 cm³/mol. The minimum absolute atomic E-state index is 0.854. The third-order valence-electron chi connectivity index (χ3n) is 3.85. The first-order valence-corrected chi connectivity index (χ1v) is 6.20. The number of para-hydroxylation sites is 2. The lowest BCUT2D eigenvalue weighted by Crippen LogP contribution is -2.35. The van der Waals surface area contributed by atoms with Crippen molar-refractivity contribution in [2.24, 2.45) is 0 Å². The second kappa shape index (κ2) is 3.71. The summed E-state index contributed by atoms with van der Waals surface area (Å²) < 4.78 is 0.854. The van der Waals surface area contributed by atoms with Crippen LogP contribution in [0.4, 0.5) is 11.4 Å². The van der Waals surface area contributed by atoms with Crippen molar-refractivity contribution in [1.82, 2.24) is 4.48 Å². The maximum absolute atomic E-state index is 2.28. The first-order valence-electron chi connectivity index (χ1n) is 6.20. The molecule has 2 aromatic carbocycles. The van der Waals surface area contributed by atoms with E-state index in [1.807, 2.05) is 0 Å². The van der Waals surface area contributed by atoms with E-state index in [1.165, 1.54) is 22.5 Å². The highest BCUT2D eigenvalue weighted by atomic mass is 15.3. The maximum Gasteiger partial charge on any atom is 0.140 e. The smallest absolute Gasteiger partial charge is 0.140 e. The number of nitrogens with zero attached hydrogens (tertiary/aromatic N) is 1. The van der Waals surface area contributed by atoms with Crippen LogP contribution in [0.2, 0.25) is 0 Å². The summed E-state index contributed by atoms with van der Waals surface area (Å²) in [7, 11) is 4.56. The lowest BCUT2D eigenvalue weighted by molar-refractivity contribution is 0.552. The summed E-state index contributed by atoms with van der Waals surface area (Å²) in [5.41, 5.74) is 5.82. The van der Waals surface area contributed by atoms with E-state index in [0.29, 0.717) is 0 Å². The average molecular weight is 224 g/mol. The summed E-state index contributed by atoms with van der Waals surface area (Å²) >= 11 is 0. The maximum atomic E-state index is 2.28. The molecule has 0 aromatic heterocycles. The van der Waals surface area contributed by atoms with Crippen molar-refractivity contribution in [2.45, 2.75) is 12.8 Å². The van der Waals surface area contributed by atoms with Gasteiger partial charge in [0, 0.05) is 11.1 Å². The van der Waals surface area contributed by atoms with Gasteiger partial charge < -0.3 is 0 Å². The molecule has 0 fully saturated rings. The highest BCUT2D eigenvalue weighted by molar-refractivity contribution is 5.65. The molecule has 0 aliphatic carbocycles. The molecular weight excluding hydrogens is 206 g/mol. The SMILES string of the molecule is C[N+]1(C)c2ccccc2CCc2ccccc21. The highest BCUT2D eigenvalue weighted by Gasteiger charge is 2.30. The molecular formula is C16H18N+. The first-order chi connectivity index (χ1) is 8.19. The zero-order valence-electron chi connectivity index (χ0n) is 10.5. The number of hydrogen-bond acceptors (Lipinski definition) is 0. The second-order valence-corrected chi connectivity index (χ2v) is 5.21. The molecule has 0 amide bonds. The van der Waals surface area contributed by atoms with E-state index >= 15 is 0 Å². The summed E-state index contributed by atoms with van der Waals surface area (Å²) in [6.07, 6.45) is 2.30. The topological polar surface area (TPSA) is 0 Å². The van der Waals surface area contributed by atoms with Crippen LogP contribution in [0, 0.1) is 0 Å². The van der Waals surface area contributed by atoms with Crippen LogP contribution < -0.4 is 4.48 Å². The second-order valence-electron chi connectivity index (χ2n) is 5.21. The zero-order chi connectivity index (χ0) is 11.9. The van der Waals surface area contributed by atoms with E-state index in [0.717, 1.165) is 17.3 Å². The van der Waals surface area contributed by atoms with Crippen LogP contribution >= 0.6 is 0 Å². The number of benzene rings is 2. The van der Waals surface area contributed by atoms with Crippen LogP contribution in [0.1, 0.15) is 11.1 Å². The molecule has 0 spiro atoms. The minimum atomic E-state index is 0.854. The van der Waals surface area contributed by atoms with Crippen LogP contribution in [0.25, 0.3) is 0 Å². The van der Waals surface area contributed by atoms with Gasteiger partial charge >= 0.3 is 0 Å². The van der Waals surface area contributed by atoms with Gasteiger partial charge in [-0.15, -0.1) is 0 Å². The van der Waals surface area contributed by atoms with Crippen molar-refractivity contribution in [3.05, 3.63) is 59.7 Å². The number of hydrogen-bond donors (Lipinski definition) is 0. The van der Waals surface area contributed by atoms with Gasteiger partial charge in [0.15, 0.2) is 0 Å². The Bertz CT molecular complexity index is 505. The van der Waals surface area contributed by atoms with Gasteiger partial charge in [-0.2, -0.15) is 0 Å². The largest absolute Gasteiger partial charge is 0.263 e. The molecule has 1 heteroatoms. The molecule has 0 radical (unpaired) electrons. The fraction of sp³-hybridized carbons (Fsp3) is 0.250. The Labute approximate surface area is 103 Å². The number of aryl methyl sites for hydroxylation is 2. The molecule has 17 heavy (non-hydrogen) atoms. The standard InChI is InChI=1S/C16H18N/c1-17(2)15-9-5-3-7-13(15)11-12-14-8-4-6-10-16(14)17/h3-10H,11-12H2,1-2H3/q+1. The Morgan fingerprint density at radius 3 is 1.59 bits per heavy atom. The molecule has 3 rings (SSSR count). The molecule has 0 atom stereocenters. The third-order valence-corrected chi connectivity index (χ3v) is 3.85. The number of fused-ring (bicyclic) bond motifs is 2. The van der Waals surface area contributed by atoms with E-state index in [4.69, 9.17) is 0 Å². The number of rotatable bonds is 0. The molecule has 0 saturated heterocycles. The Morgan fingerprint density at radius 2 is 1.12 bits per heavy atom. The van der Waals surface area contributed by atoms with Gasteiger partial charge in [0.1, 0.15) is 11.4 Å². The highest BCUT2D eigenvalue weighted by Crippen LogP contribution is 2.39. The van der Waals surface area contributed by atoms with Crippen LogP contribution in [-0.4, -0.2) is 14.1 Å². The zero-order valence-corrected chi connectivity index (χ0v) is 10.5. The summed E-state index contributed by atoms with van der Waals surface area (Å²) in [6.45, 7) is 0. The normalized spacial score (nSPS) is 16.8. The Balaban J connectivity index is 2.27. The van der Waals surface area contributed by atoms with E-state index in [-0.39, 0.29) is 0 Å². The molecule has 1 aliphatic heterocycles. The molecule has 1 nitrogen and oxygen atoms in total. The van der Waals surface area contributed by atoms with Crippen molar-refractivity contribution in [1.29, 1.82) is 0 Å². The molecule has 0 bridgehead atoms. The van der Waals surface area contributed by atoms with Crippen molar-refractivity contribution in [3.63, 3.8) is 0 Å². The minimum Gasteiger partial charge on any atom is -0.263 e. The van der Waals surface area contributed by atoms with Crippen LogP contribution in [0.5, 0.6) is 0 Å². The van der Waals surface area contributed by atoms with E-state index in [9.17, 15) is 0 Å². The number of quaternary nitrogens is 1. The molecule has 0 saturated carbocycles. The van der Waals surface area contributed by atoms with Gasteiger partial charge in [-0.3, -0.25) is 4.48 Å². The molecule has 0 N–H and O–H groups in total. The van der Waals surface area contributed by atoms with E-state index < -0.39 is 0 Å². The molecule has 2 aromatic rings. The van der Waals surface area contributed by atoms with Crippen molar-refractivity contribution in [2.75, 3.05) is 14.1 Å². The van der Waals surface area contributed by atoms with Crippen molar-refractivity contribution < 1.29 is 0 Å². The first kappa shape index (κ1) is 10.5. The van der Waals surface area contributed by atoms with Gasteiger partial charge in [0.2, 0.25) is 0 Å². The molecule has 1 aliphatic rings. The Hall–Kier alpha value is -1.60. The molecule has 86 valence electrons. The third kappa shape index (κ3) is 1.58. The van der Waals surface area contributed by atoms with Crippen molar-refractivity contribution in [3.8, 4) is 0 Å². The van der Waals surface area contributed by atoms with Gasteiger partial charge in [-0.25, -0.2) is 0 Å². The summed E-state index contributed by atoms with van der Waals surface area (Å²) in [5.74, 6) is 0. The fourth-order valence-electron chi connectivity index (χ4n) is 2.93. The Kier molecular flexibility index (Phi) is 2.30. The lowest BCUT2D eigenvalue weighted by atomic mass is 10.0. The summed E-state index contributed by atoms with van der Waals surface area (Å²) in [6, 6.07) is 17.6. The molecule has 0 unspecified atom stereocenters. The van der Waals surface area contributed by atoms with Crippen LogP contribution in [0.3, 0.4) is 0 Å². The Morgan fingerprint density at radius 1 is 0.706 bits per heavy atom. The predicted octanol–water partition coefficient (Wildman–Crippen LogP) is 3.68. The lowest BCUT2D eigenvalue weighted by Gasteiger charge is -2.30. The van der Waals surface area contributed by atoms with Crippen molar-refractivity contribution >= 4 is 11.4 Å². The van der Waals surface area contributed by atoms with Crippen LogP contribution in [-0.2, 0) is 12.8 Å². The van der Waals surface area contributed by atoms with E-state index in [1.54, 1.807) is 0 Å². The van der Waals surface area contributed by atoms with Gasteiger partial charge in [-0.1, -0.05) is 36.4 Å². The fourth-order valence-corrected chi connectivity index (χ4v) is 2.93. The average Bonchev–Trinajstić information content (AvgIpc) is 2.47. The van der Waals surface area contributed by atoms with Gasteiger partial charge in [0.25, 0.3) is 0 Å². The molecule has 1 heterocycles. The monoisotopic (exact) mass is 224 g/mol.